The lowest BCUT2D eigenvalue weighted by Gasteiger charge is -2.28. The van der Waals surface area contributed by atoms with Crippen molar-refractivity contribution in [3.05, 3.63) is 0 Å². The van der Waals surface area contributed by atoms with Gasteiger partial charge in [0.25, 0.3) is 0 Å². The Morgan fingerprint density at radius 1 is 1.18 bits per heavy atom. The van der Waals surface area contributed by atoms with Crippen molar-refractivity contribution < 1.29 is 19.8 Å². The molecule has 1 saturated carbocycles. The SMILES string of the molecule is O=C(O)CCCCC(=O)C1CCC(O)C(Cl)C1. The maximum atomic E-state index is 11.8. The molecule has 4 nitrogen and oxygen atoms in total. The number of carbonyl (C=O) groups is 2. The quantitative estimate of drug-likeness (QED) is 0.567. The number of aliphatic hydroxyl groups excluding tert-OH is 1. The normalized spacial score (nSPS) is 28.9. The molecular formula is C12H19ClO4. The zero-order valence-electron chi connectivity index (χ0n) is 9.77. The van der Waals surface area contributed by atoms with E-state index in [2.05, 4.69) is 0 Å². The molecule has 0 aromatic carbocycles. The molecule has 1 aliphatic rings. The number of rotatable bonds is 6. The molecule has 98 valence electrons. The Morgan fingerprint density at radius 3 is 2.41 bits per heavy atom. The predicted molar refractivity (Wildman–Crippen MR) is 64.1 cm³/mol. The number of ketones is 1. The average molecular weight is 263 g/mol. The Morgan fingerprint density at radius 2 is 1.82 bits per heavy atom. The van der Waals surface area contributed by atoms with Gasteiger partial charge in [-0.3, -0.25) is 9.59 Å². The molecule has 0 aromatic heterocycles. The number of Topliss-reactive ketones (excluding diaryl/α,β-unsaturated/α-hetero) is 1. The van der Waals surface area contributed by atoms with Gasteiger partial charge < -0.3 is 10.2 Å². The number of unbranched alkanes of at least 4 members (excludes halogenated alkanes) is 1. The summed E-state index contributed by atoms with van der Waals surface area (Å²) in [5, 5.41) is 17.6. The molecule has 2 N–H and O–H groups in total. The van der Waals surface area contributed by atoms with Gasteiger partial charge in [-0.05, 0) is 32.1 Å². The first-order valence-corrected chi connectivity index (χ1v) is 6.51. The molecular weight excluding hydrogens is 244 g/mol. The Hall–Kier alpha value is -0.610. The zero-order chi connectivity index (χ0) is 12.8. The first-order chi connectivity index (χ1) is 8.00. The fourth-order valence-electron chi connectivity index (χ4n) is 2.17. The number of carbonyl (C=O) groups excluding carboxylic acids is 1. The molecule has 3 atom stereocenters. The van der Waals surface area contributed by atoms with Gasteiger partial charge in [0.05, 0.1) is 11.5 Å². The van der Waals surface area contributed by atoms with Crippen molar-refractivity contribution in [2.45, 2.75) is 56.4 Å². The maximum Gasteiger partial charge on any atom is 0.303 e. The van der Waals surface area contributed by atoms with Crippen LogP contribution in [0.1, 0.15) is 44.9 Å². The van der Waals surface area contributed by atoms with Crippen LogP contribution in [-0.4, -0.2) is 33.4 Å². The molecule has 1 rings (SSSR count). The lowest BCUT2D eigenvalue weighted by atomic mass is 9.83. The summed E-state index contributed by atoms with van der Waals surface area (Å²) in [7, 11) is 0. The van der Waals surface area contributed by atoms with Crippen LogP contribution < -0.4 is 0 Å². The number of carboxylic acids is 1. The van der Waals surface area contributed by atoms with Crippen LogP contribution in [0.25, 0.3) is 0 Å². The van der Waals surface area contributed by atoms with Crippen LogP contribution in [0.4, 0.5) is 0 Å². The molecule has 0 aliphatic heterocycles. The highest BCUT2D eigenvalue weighted by Crippen LogP contribution is 2.29. The number of aliphatic hydroxyl groups is 1. The molecule has 3 unspecified atom stereocenters. The van der Waals surface area contributed by atoms with Crippen molar-refractivity contribution in [1.29, 1.82) is 0 Å². The average Bonchev–Trinajstić information content (AvgIpc) is 2.27. The summed E-state index contributed by atoms with van der Waals surface area (Å²) in [4.78, 5) is 22.1. The fraction of sp³-hybridized carbons (Fsp3) is 0.833. The van der Waals surface area contributed by atoms with Crippen LogP contribution in [-0.2, 0) is 9.59 Å². The monoisotopic (exact) mass is 262 g/mol. The van der Waals surface area contributed by atoms with Crippen molar-refractivity contribution >= 4 is 23.4 Å². The topological polar surface area (TPSA) is 74.6 Å². The highest BCUT2D eigenvalue weighted by Gasteiger charge is 2.31. The van der Waals surface area contributed by atoms with Crippen LogP contribution in [0.15, 0.2) is 0 Å². The predicted octanol–water partition coefficient (Wildman–Crippen LogP) is 1.97. The van der Waals surface area contributed by atoms with Gasteiger partial charge in [0.15, 0.2) is 0 Å². The van der Waals surface area contributed by atoms with Gasteiger partial charge in [0, 0.05) is 18.8 Å². The minimum Gasteiger partial charge on any atom is -0.481 e. The molecule has 0 amide bonds. The highest BCUT2D eigenvalue weighted by atomic mass is 35.5. The van der Waals surface area contributed by atoms with Crippen molar-refractivity contribution in [2.24, 2.45) is 5.92 Å². The summed E-state index contributed by atoms with van der Waals surface area (Å²) < 4.78 is 0. The van der Waals surface area contributed by atoms with E-state index in [4.69, 9.17) is 16.7 Å². The van der Waals surface area contributed by atoms with Gasteiger partial charge >= 0.3 is 5.97 Å². The first kappa shape index (κ1) is 14.5. The molecule has 0 aromatic rings. The molecule has 5 heteroatoms. The van der Waals surface area contributed by atoms with E-state index in [0.29, 0.717) is 38.5 Å². The second-order valence-corrected chi connectivity index (χ2v) is 5.22. The number of aliphatic carboxylic acids is 1. The highest BCUT2D eigenvalue weighted by molar-refractivity contribution is 6.21. The third-order valence-electron chi connectivity index (χ3n) is 3.26. The molecule has 0 heterocycles. The Balaban J connectivity index is 2.21. The number of alkyl halides is 1. The smallest absolute Gasteiger partial charge is 0.303 e. The third-order valence-corrected chi connectivity index (χ3v) is 3.73. The Bertz CT molecular complexity index is 280. The van der Waals surface area contributed by atoms with Gasteiger partial charge in [-0.25, -0.2) is 0 Å². The third kappa shape index (κ3) is 5.04. The summed E-state index contributed by atoms with van der Waals surface area (Å²) in [6, 6.07) is 0. The van der Waals surface area contributed by atoms with Gasteiger partial charge in [-0.2, -0.15) is 0 Å². The van der Waals surface area contributed by atoms with Crippen molar-refractivity contribution in [2.75, 3.05) is 0 Å². The summed E-state index contributed by atoms with van der Waals surface area (Å²) in [5.74, 6) is -0.710. The van der Waals surface area contributed by atoms with E-state index in [9.17, 15) is 14.7 Å². The molecule has 0 bridgehead atoms. The van der Waals surface area contributed by atoms with Crippen LogP contribution >= 0.6 is 11.6 Å². The van der Waals surface area contributed by atoms with Crippen LogP contribution in [0, 0.1) is 5.92 Å². The Labute approximate surface area is 106 Å². The van der Waals surface area contributed by atoms with Gasteiger partial charge in [-0.1, -0.05) is 0 Å². The Kier molecular flexibility index (Phi) is 5.92. The van der Waals surface area contributed by atoms with Crippen molar-refractivity contribution in [3.8, 4) is 0 Å². The lowest BCUT2D eigenvalue weighted by Crippen LogP contribution is -2.33. The van der Waals surface area contributed by atoms with Gasteiger partial charge in [0.2, 0.25) is 0 Å². The van der Waals surface area contributed by atoms with E-state index in [1.54, 1.807) is 0 Å². The molecule has 0 spiro atoms. The maximum absolute atomic E-state index is 11.8. The molecule has 0 radical (unpaired) electrons. The van der Waals surface area contributed by atoms with Crippen molar-refractivity contribution in [1.82, 2.24) is 0 Å². The largest absolute Gasteiger partial charge is 0.481 e. The van der Waals surface area contributed by atoms with E-state index in [1.807, 2.05) is 0 Å². The van der Waals surface area contributed by atoms with Gasteiger partial charge in [0.1, 0.15) is 5.78 Å². The summed E-state index contributed by atoms with van der Waals surface area (Å²) >= 11 is 5.93. The number of carboxylic acid groups (broad SMARTS) is 1. The van der Waals surface area contributed by atoms with Crippen LogP contribution in [0.2, 0.25) is 0 Å². The minimum absolute atomic E-state index is 0.0503. The van der Waals surface area contributed by atoms with Crippen LogP contribution in [0.5, 0.6) is 0 Å². The van der Waals surface area contributed by atoms with E-state index < -0.39 is 12.1 Å². The fourth-order valence-corrected chi connectivity index (χ4v) is 2.51. The summed E-state index contributed by atoms with van der Waals surface area (Å²) in [6.07, 6.45) is 3.04. The number of hydrogen-bond donors (Lipinski definition) is 2. The first-order valence-electron chi connectivity index (χ1n) is 6.07. The van der Waals surface area contributed by atoms with Gasteiger partial charge in [-0.15, -0.1) is 11.6 Å². The number of hydrogen-bond acceptors (Lipinski definition) is 3. The second-order valence-electron chi connectivity index (χ2n) is 4.66. The second kappa shape index (κ2) is 6.97. The number of halogens is 1. The molecule has 17 heavy (non-hydrogen) atoms. The zero-order valence-corrected chi connectivity index (χ0v) is 10.5. The van der Waals surface area contributed by atoms with E-state index in [0.717, 1.165) is 0 Å². The van der Waals surface area contributed by atoms with Crippen LogP contribution in [0.3, 0.4) is 0 Å². The minimum atomic E-state index is -0.820. The lowest BCUT2D eigenvalue weighted by molar-refractivity contribution is -0.137. The van der Waals surface area contributed by atoms with E-state index in [1.165, 1.54) is 0 Å². The molecule has 0 saturated heterocycles. The molecule has 1 fully saturated rings. The summed E-state index contributed by atoms with van der Waals surface area (Å²) in [6.45, 7) is 0. The van der Waals surface area contributed by atoms with E-state index >= 15 is 0 Å². The summed E-state index contributed by atoms with van der Waals surface area (Å²) in [5.41, 5.74) is 0. The van der Waals surface area contributed by atoms with Crippen molar-refractivity contribution in [3.63, 3.8) is 0 Å². The van der Waals surface area contributed by atoms with E-state index in [-0.39, 0.29) is 23.5 Å². The standard InChI is InChI=1S/C12H19ClO4/c13-9-7-8(5-6-11(9)15)10(14)3-1-2-4-12(16)17/h8-9,11,15H,1-7H2,(H,16,17). The molecule has 1 aliphatic carbocycles.